The van der Waals surface area contributed by atoms with Crippen LogP contribution in [0.1, 0.15) is 42.7 Å². The third kappa shape index (κ3) is 3.16. The first-order chi connectivity index (χ1) is 12.3. The summed E-state index contributed by atoms with van der Waals surface area (Å²) < 4.78 is 56.3. The van der Waals surface area contributed by atoms with Crippen molar-refractivity contribution in [2.45, 2.75) is 39.8 Å². The number of rotatable bonds is 6. The molecule has 3 heterocycles. The van der Waals surface area contributed by atoms with E-state index < -0.39 is 24.2 Å². The summed E-state index contributed by atoms with van der Waals surface area (Å²) in [6.45, 7) is 4.14. The Morgan fingerprint density at radius 2 is 1.92 bits per heavy atom. The van der Waals surface area contributed by atoms with Crippen LogP contribution < -0.4 is 0 Å². The molecule has 1 N–H and O–H groups in total. The molecule has 0 aliphatic rings. The van der Waals surface area contributed by atoms with Gasteiger partial charge in [-0.15, -0.1) is 0 Å². The molecule has 3 rings (SSSR count). The van der Waals surface area contributed by atoms with Gasteiger partial charge in [0.2, 0.25) is 0 Å². The Morgan fingerprint density at radius 1 is 1.19 bits per heavy atom. The number of nitrogens with one attached hydrogen (secondary N) is 1. The Bertz CT molecular complexity index is 969. The van der Waals surface area contributed by atoms with Crippen molar-refractivity contribution in [2.75, 3.05) is 0 Å². The van der Waals surface area contributed by atoms with E-state index in [1.807, 2.05) is 13.8 Å². The molecule has 3 aromatic heterocycles. The zero-order chi connectivity index (χ0) is 19.0. The molecule has 0 aliphatic carbocycles. The molecule has 0 aromatic carbocycles. The van der Waals surface area contributed by atoms with Gasteiger partial charge in [0.15, 0.2) is 10.6 Å². The first-order valence-electron chi connectivity index (χ1n) is 7.66. The number of nitrogens with zero attached hydrogens (tertiary/aromatic N) is 6. The van der Waals surface area contributed by atoms with Crippen LogP contribution in [-0.2, 0) is 13.1 Å². The smallest absolute Gasteiger partial charge is 0.268 e. The van der Waals surface area contributed by atoms with Gasteiger partial charge in [-0.25, -0.2) is 17.6 Å². The molecule has 0 amide bonds. The summed E-state index contributed by atoms with van der Waals surface area (Å²) in [6, 6.07) is 0.696. The van der Waals surface area contributed by atoms with E-state index in [2.05, 4.69) is 20.4 Å². The quantitative estimate of drug-likeness (QED) is 0.517. The molecule has 0 saturated heterocycles. The fourth-order valence-electron chi connectivity index (χ4n) is 2.65. The lowest BCUT2D eigenvalue weighted by Crippen LogP contribution is -2.12. The molecule has 0 aliphatic heterocycles. The van der Waals surface area contributed by atoms with Crippen LogP contribution >= 0.6 is 12.2 Å². The van der Waals surface area contributed by atoms with Crippen molar-refractivity contribution in [1.82, 2.24) is 34.3 Å². The Morgan fingerprint density at radius 3 is 2.50 bits per heavy atom. The van der Waals surface area contributed by atoms with Gasteiger partial charge in [-0.2, -0.15) is 15.3 Å². The summed E-state index contributed by atoms with van der Waals surface area (Å²) >= 11 is 5.22. The van der Waals surface area contributed by atoms with Gasteiger partial charge in [0, 0.05) is 6.54 Å². The van der Waals surface area contributed by atoms with Gasteiger partial charge in [-0.05, 0) is 32.1 Å². The highest BCUT2D eigenvalue weighted by molar-refractivity contribution is 7.71. The number of hydrogen-bond donors (Lipinski definition) is 1. The highest BCUT2D eigenvalue weighted by Crippen LogP contribution is 2.26. The summed E-state index contributed by atoms with van der Waals surface area (Å²) in [6.07, 6.45) is -4.32. The minimum atomic E-state index is -2.95. The van der Waals surface area contributed by atoms with E-state index in [9.17, 15) is 17.6 Å². The van der Waals surface area contributed by atoms with Gasteiger partial charge in [-0.3, -0.25) is 19.0 Å². The predicted molar refractivity (Wildman–Crippen MR) is 86.2 cm³/mol. The average molecular weight is 389 g/mol. The number of H-pyrrole nitrogens is 1. The van der Waals surface area contributed by atoms with E-state index in [0.717, 1.165) is 10.4 Å². The van der Waals surface area contributed by atoms with Crippen LogP contribution in [0.5, 0.6) is 0 Å². The molecule has 0 atom stereocenters. The third-order valence-corrected chi connectivity index (χ3v) is 4.20. The van der Waals surface area contributed by atoms with Gasteiger partial charge >= 0.3 is 0 Å². The molecule has 26 heavy (non-hydrogen) atoms. The van der Waals surface area contributed by atoms with Gasteiger partial charge in [0.1, 0.15) is 17.9 Å². The summed E-state index contributed by atoms with van der Waals surface area (Å²) in [7, 11) is 0. The molecule has 12 heteroatoms. The van der Waals surface area contributed by atoms with Crippen LogP contribution in [0.2, 0.25) is 0 Å². The molecule has 0 bridgehead atoms. The van der Waals surface area contributed by atoms with E-state index in [1.165, 1.54) is 4.57 Å². The summed E-state index contributed by atoms with van der Waals surface area (Å²) in [5.74, 6) is 0.250. The van der Waals surface area contributed by atoms with E-state index in [4.69, 9.17) is 12.2 Å². The van der Waals surface area contributed by atoms with E-state index >= 15 is 0 Å². The van der Waals surface area contributed by atoms with Crippen LogP contribution in [-0.4, -0.2) is 34.3 Å². The summed E-state index contributed by atoms with van der Waals surface area (Å²) in [4.78, 5) is 0. The Kier molecular flexibility index (Phi) is 4.94. The van der Waals surface area contributed by atoms with Crippen molar-refractivity contribution in [1.29, 1.82) is 0 Å². The van der Waals surface area contributed by atoms with Gasteiger partial charge in [-0.1, -0.05) is 0 Å². The molecule has 3 aromatic rings. The second kappa shape index (κ2) is 7.02. The maximum Gasteiger partial charge on any atom is 0.282 e. The topological polar surface area (TPSA) is 69.2 Å². The van der Waals surface area contributed by atoms with Gasteiger partial charge in [0.25, 0.3) is 12.9 Å². The first kappa shape index (κ1) is 18.3. The van der Waals surface area contributed by atoms with Crippen molar-refractivity contribution in [3.05, 3.63) is 39.9 Å². The molecule has 0 saturated carbocycles. The van der Waals surface area contributed by atoms with Crippen molar-refractivity contribution in [2.24, 2.45) is 0 Å². The maximum absolute atomic E-state index is 13.2. The molecule has 0 unspecified atom stereocenters. The number of hydrogen-bond acceptors (Lipinski definition) is 4. The molecule has 0 radical (unpaired) electrons. The van der Waals surface area contributed by atoms with Crippen molar-refractivity contribution in [3.63, 3.8) is 0 Å². The van der Waals surface area contributed by atoms with E-state index in [0.29, 0.717) is 18.3 Å². The van der Waals surface area contributed by atoms with Crippen LogP contribution in [0.3, 0.4) is 0 Å². The Hall–Kier alpha value is -2.50. The number of aryl methyl sites for hydroxylation is 1. The molecular weight excluding hydrogens is 374 g/mol. The summed E-state index contributed by atoms with van der Waals surface area (Å²) in [5, 5.41) is 14.4. The normalized spacial score (nSPS) is 11.8. The average Bonchev–Trinajstić information content (AvgIpc) is 3.26. The van der Waals surface area contributed by atoms with Crippen LogP contribution in [0.15, 0.2) is 12.3 Å². The zero-order valence-electron chi connectivity index (χ0n) is 13.8. The SMILES string of the molecule is CCn1ncc(-n2c(Cn3nc(C(F)F)cc3C(F)F)n[nH]c2=S)c1C. The van der Waals surface area contributed by atoms with Crippen molar-refractivity contribution < 1.29 is 17.6 Å². The highest BCUT2D eigenvalue weighted by atomic mass is 32.1. The third-order valence-electron chi connectivity index (χ3n) is 3.93. The van der Waals surface area contributed by atoms with E-state index in [1.54, 1.807) is 10.9 Å². The largest absolute Gasteiger partial charge is 0.282 e. The first-order valence-corrected chi connectivity index (χ1v) is 8.07. The minimum absolute atomic E-state index is 0.235. The predicted octanol–water partition coefficient (Wildman–Crippen LogP) is 3.57. The molecule has 7 nitrogen and oxygen atoms in total. The fraction of sp³-hybridized carbons (Fsp3) is 0.429. The highest BCUT2D eigenvalue weighted by Gasteiger charge is 2.23. The number of aromatic nitrogens is 7. The lowest BCUT2D eigenvalue weighted by molar-refractivity contribution is 0.139. The van der Waals surface area contributed by atoms with Crippen molar-refractivity contribution >= 4 is 12.2 Å². The van der Waals surface area contributed by atoms with Crippen LogP contribution in [0, 0.1) is 11.7 Å². The molecular formula is C14H15F4N7S. The van der Waals surface area contributed by atoms with Crippen molar-refractivity contribution in [3.8, 4) is 5.69 Å². The van der Waals surface area contributed by atoms with Gasteiger partial charge < -0.3 is 0 Å². The second-order valence-corrected chi connectivity index (χ2v) is 5.85. The number of halogens is 4. The van der Waals surface area contributed by atoms with Gasteiger partial charge in [0.05, 0.1) is 17.6 Å². The van der Waals surface area contributed by atoms with Crippen LogP contribution in [0.25, 0.3) is 5.69 Å². The number of aromatic amines is 1. The minimum Gasteiger partial charge on any atom is -0.268 e. The number of alkyl halides is 4. The maximum atomic E-state index is 13.2. The van der Waals surface area contributed by atoms with E-state index in [-0.39, 0.29) is 17.1 Å². The van der Waals surface area contributed by atoms with Crippen LogP contribution in [0.4, 0.5) is 17.6 Å². The monoisotopic (exact) mass is 389 g/mol. The lowest BCUT2D eigenvalue weighted by Gasteiger charge is -2.09. The Labute approximate surface area is 150 Å². The fourth-order valence-corrected chi connectivity index (χ4v) is 2.90. The molecule has 0 fully saturated rings. The molecule has 0 spiro atoms. The summed E-state index contributed by atoms with van der Waals surface area (Å²) in [5.41, 5.74) is 0.104. The standard InChI is InChI=1S/C14H15F4N7S/c1-3-23-7(2)10(5-19-23)25-11(20-21-14(25)26)6-24-9(13(17)18)4-8(22-24)12(15)16/h4-5,12-13H,3,6H2,1-2H3,(H,21,26). The molecule has 140 valence electrons. The zero-order valence-corrected chi connectivity index (χ0v) is 14.6. The Balaban J connectivity index is 2.05. The second-order valence-electron chi connectivity index (χ2n) is 5.46. The lowest BCUT2D eigenvalue weighted by atomic mass is 10.3.